The number of benzene rings is 2. The number of pyridine rings is 1. The lowest BCUT2D eigenvalue weighted by molar-refractivity contribution is -0.0299. The predicted octanol–water partition coefficient (Wildman–Crippen LogP) is 13.3. The number of ether oxygens (including phenoxy) is 2. The minimum Gasteiger partial charge on any atom is -0.358 e. The van der Waals surface area contributed by atoms with Crippen LogP contribution < -0.4 is 10.6 Å². The topological polar surface area (TPSA) is 329 Å². The highest BCUT2D eigenvalue weighted by atomic mass is 127. The number of aromatic nitrogens is 23. The van der Waals surface area contributed by atoms with E-state index in [1.807, 2.05) is 46.4 Å². The third-order valence-electron chi connectivity index (χ3n) is 14.0. The number of imidazole rings is 4. The van der Waals surface area contributed by atoms with Crippen molar-refractivity contribution in [2.75, 3.05) is 23.8 Å². The van der Waals surface area contributed by atoms with Crippen molar-refractivity contribution in [2.24, 2.45) is 0 Å². The number of halogens is 6. The molecule has 91 heavy (non-hydrogen) atoms. The van der Waals surface area contributed by atoms with Crippen LogP contribution in [0.15, 0.2) is 137 Å². The highest BCUT2D eigenvalue weighted by molar-refractivity contribution is 14.1. The van der Waals surface area contributed by atoms with Crippen molar-refractivity contribution >= 4 is 181 Å². The number of nitrogens with one attached hydrogen (secondary N) is 4. The molecule has 2 fully saturated rings. The Morgan fingerprint density at radius 3 is 1.78 bits per heavy atom. The molecule has 2 aromatic carbocycles. The Kier molecular flexibility index (Phi) is 20.7. The maximum Gasteiger partial charge on any atom is 0.181 e. The van der Waals surface area contributed by atoms with E-state index in [0.29, 0.717) is 49.3 Å². The smallest absolute Gasteiger partial charge is 0.181 e. The largest absolute Gasteiger partial charge is 0.358 e. The van der Waals surface area contributed by atoms with E-state index < -0.39 is 0 Å². The molecule has 27 nitrogen and oxygen atoms in total. The molecule has 0 aliphatic carbocycles. The van der Waals surface area contributed by atoms with E-state index in [9.17, 15) is 0 Å². The van der Waals surface area contributed by atoms with Crippen molar-refractivity contribution in [2.45, 2.75) is 57.9 Å². The molecular weight excluding hydrogens is 1570 g/mol. The zero-order valence-electron chi connectivity index (χ0n) is 47.5. The van der Waals surface area contributed by atoms with E-state index in [4.69, 9.17) is 44.3 Å². The third-order valence-corrected chi connectivity index (χ3v) is 17.6. The van der Waals surface area contributed by atoms with Gasteiger partial charge in [-0.2, -0.15) is 0 Å². The molecule has 2 atom stereocenters. The van der Waals surface area contributed by atoms with Crippen molar-refractivity contribution in [3.63, 3.8) is 0 Å². The molecule has 2 saturated heterocycles. The van der Waals surface area contributed by atoms with Crippen LogP contribution >= 0.6 is 103 Å². The molecule has 0 amide bonds. The summed E-state index contributed by atoms with van der Waals surface area (Å²) in [5.74, 6) is 1.36. The number of hydrogen-bond acceptors (Lipinski definition) is 23. The summed E-state index contributed by atoms with van der Waals surface area (Å²) < 4.78 is 18.2. The predicted molar refractivity (Wildman–Crippen MR) is 368 cm³/mol. The highest BCUT2D eigenvalue weighted by Crippen LogP contribution is 2.37. The lowest BCUT2D eigenvalue weighted by atomic mass is 10.0. The number of aryl methyl sites for hydroxylation is 1. The van der Waals surface area contributed by atoms with Crippen LogP contribution in [0.4, 0.5) is 23.0 Å². The van der Waals surface area contributed by atoms with Crippen LogP contribution in [0, 0.1) is 17.9 Å². The second-order valence-corrected chi connectivity index (χ2v) is 24.1. The number of H-pyrrole nitrogens is 2. The van der Waals surface area contributed by atoms with Crippen LogP contribution in [0.1, 0.15) is 56.5 Å². The molecule has 0 spiro atoms. The molecule has 33 heteroatoms. The van der Waals surface area contributed by atoms with E-state index in [1.165, 1.54) is 44.4 Å². The molecule has 14 heterocycles. The van der Waals surface area contributed by atoms with Gasteiger partial charge in [-0.05, 0) is 149 Å². The van der Waals surface area contributed by atoms with Gasteiger partial charge in [-0.3, -0.25) is 9.13 Å². The van der Waals surface area contributed by atoms with Gasteiger partial charge in [-0.25, -0.2) is 94.7 Å². The molecular formula is C58H47Cl3I3N25O2. The standard InChI is InChI=1S/C25H18ClN9.C14H13ClN6O.C10H11IN4O.C5H3IN4.C4H2ClIN2/c1-14-2-7-18-17(8-9-28-23(18)34-16-5-3-15(26)4-6-16)20(14)35-24-19(10-27-11-31-24)21-22-25(32-12-29-21)33-13-30-22;15-13-9(5-16-6-18-13)11-12-14(19-7-17-11)21(8-20-12)10-3-1-2-4-22-10;11-9-8-10(13-5-12-9)15(6-14-8)7-3-1-2-4-16-7;6-4-3-5(9-1-7-3)10-2-8-4;5-4-3(6)1-7-2-8-4/h2-13H,1H3,(H,28,34)(H,27,31,35)(H,29,30,32,33);5-8,10H,1-4H2;5-7H,1-4H2;1-2H,(H,7,8,9,10);1-2H. The van der Waals surface area contributed by atoms with Gasteiger partial charge < -0.3 is 30.1 Å². The quantitative estimate of drug-likeness (QED) is 0.0811. The Morgan fingerprint density at radius 2 is 1.11 bits per heavy atom. The van der Waals surface area contributed by atoms with Gasteiger partial charge >= 0.3 is 0 Å². The Hall–Kier alpha value is -8.13. The van der Waals surface area contributed by atoms with E-state index in [0.717, 1.165) is 129 Å². The summed E-state index contributed by atoms with van der Waals surface area (Å²) in [6.45, 7) is 3.64. The van der Waals surface area contributed by atoms with Crippen molar-refractivity contribution in [1.82, 2.24) is 114 Å². The third kappa shape index (κ3) is 14.8. The van der Waals surface area contributed by atoms with Gasteiger partial charge in [0.25, 0.3) is 0 Å². The van der Waals surface area contributed by atoms with Crippen molar-refractivity contribution in [3.05, 3.63) is 169 Å². The molecule has 0 radical (unpaired) electrons. The Labute approximate surface area is 572 Å². The molecule has 14 aromatic rings. The van der Waals surface area contributed by atoms with Crippen molar-refractivity contribution in [1.29, 1.82) is 0 Å². The number of nitrogens with zero attached hydrogens (tertiary/aromatic N) is 21. The van der Waals surface area contributed by atoms with Crippen LogP contribution in [0.5, 0.6) is 0 Å². The fraction of sp³-hybridized carbons (Fsp3) is 0.190. The van der Waals surface area contributed by atoms with Crippen LogP contribution in [0.3, 0.4) is 0 Å². The number of rotatable bonds is 8. The summed E-state index contributed by atoms with van der Waals surface area (Å²) in [4.78, 5) is 85.5. The van der Waals surface area contributed by atoms with Crippen LogP contribution in [0.2, 0.25) is 15.3 Å². The first kappa shape index (κ1) is 63.0. The van der Waals surface area contributed by atoms with E-state index in [2.05, 4.69) is 195 Å². The highest BCUT2D eigenvalue weighted by Gasteiger charge is 2.23. The maximum atomic E-state index is 6.14. The second-order valence-electron chi connectivity index (χ2n) is 19.7. The monoisotopic (exact) mass is 1610 g/mol. The van der Waals surface area contributed by atoms with E-state index in [1.54, 1.807) is 56.4 Å². The summed E-state index contributed by atoms with van der Waals surface area (Å²) in [5.41, 5.74) is 11.6. The molecule has 2 unspecified atom stereocenters. The fourth-order valence-corrected chi connectivity index (χ4v) is 11.4. The molecule has 0 bridgehead atoms. The number of fused-ring (bicyclic) bond motifs is 5. The fourth-order valence-electron chi connectivity index (χ4n) is 9.68. The normalized spacial score (nSPS) is 14.5. The van der Waals surface area contributed by atoms with Gasteiger partial charge in [0.1, 0.15) is 120 Å². The lowest BCUT2D eigenvalue weighted by Gasteiger charge is -2.23. The van der Waals surface area contributed by atoms with Crippen molar-refractivity contribution < 1.29 is 9.47 Å². The van der Waals surface area contributed by atoms with Gasteiger partial charge in [0.15, 0.2) is 22.6 Å². The first-order chi connectivity index (χ1) is 44.6. The molecule has 2 aliphatic heterocycles. The van der Waals surface area contributed by atoms with Gasteiger partial charge in [0, 0.05) is 59.5 Å². The lowest BCUT2D eigenvalue weighted by Crippen LogP contribution is -2.17. The summed E-state index contributed by atoms with van der Waals surface area (Å²) in [5, 5.41) is 10.4. The second kappa shape index (κ2) is 29.9. The minimum atomic E-state index is -0.0241. The first-order valence-electron chi connectivity index (χ1n) is 27.8. The molecule has 12 aromatic heterocycles. The maximum absolute atomic E-state index is 6.14. The van der Waals surface area contributed by atoms with E-state index in [-0.39, 0.29) is 12.5 Å². The average molecular weight is 1610 g/mol. The molecule has 0 saturated carbocycles. The summed E-state index contributed by atoms with van der Waals surface area (Å²) in [6, 6.07) is 13.6. The SMILES string of the molecule is Cc1ccc2c(Nc3ccc(Cl)cc3)nccc2c1Nc1ncncc1-c1ncnc2nc[nH]c12.Clc1ncncc1-c1ncnc2c1ncn2C1CCCCO1.Clc1ncncc1I.Ic1ncnc2c1ncn2C1CCCCO1.Ic1ncnc2nc[nH]c12. The number of hydrogen-bond donors (Lipinski definition) is 4. The van der Waals surface area contributed by atoms with Crippen molar-refractivity contribution in [3.8, 4) is 22.5 Å². The Morgan fingerprint density at radius 1 is 0.505 bits per heavy atom. The zero-order chi connectivity index (χ0) is 62.6. The summed E-state index contributed by atoms with van der Waals surface area (Å²) in [7, 11) is 0. The van der Waals surface area contributed by atoms with Gasteiger partial charge in [0.05, 0.1) is 45.7 Å². The molecule has 2 aliphatic rings. The molecule has 4 N–H and O–H groups in total. The van der Waals surface area contributed by atoms with Gasteiger partial charge in [-0.15, -0.1) is 0 Å². The van der Waals surface area contributed by atoms with Crippen LogP contribution in [-0.4, -0.2) is 127 Å². The Bertz CT molecular complexity index is 4780. The van der Waals surface area contributed by atoms with E-state index >= 15 is 0 Å². The number of aromatic amines is 2. The number of anilines is 4. The van der Waals surface area contributed by atoms with Gasteiger partial charge in [0.2, 0.25) is 0 Å². The minimum absolute atomic E-state index is 0.0241. The summed E-state index contributed by atoms with van der Waals surface area (Å²) >= 11 is 24.1. The molecule has 458 valence electrons. The van der Waals surface area contributed by atoms with Crippen LogP contribution in [0.25, 0.3) is 77.9 Å². The first-order valence-corrected chi connectivity index (χ1v) is 32.2. The zero-order valence-corrected chi connectivity index (χ0v) is 56.2. The van der Waals surface area contributed by atoms with Gasteiger partial charge in [-0.1, -0.05) is 46.9 Å². The average Bonchev–Trinajstić information content (AvgIpc) is 2.06. The molecule has 16 rings (SSSR count). The van der Waals surface area contributed by atoms with Crippen LogP contribution in [-0.2, 0) is 9.47 Å². The Balaban J connectivity index is 0.000000122. The summed E-state index contributed by atoms with van der Waals surface area (Å²) in [6.07, 6.45) is 30.6.